The Bertz CT molecular complexity index is 1420. The predicted molar refractivity (Wildman–Crippen MR) is 130 cm³/mol. The number of carbonyl (C=O) groups is 2. The second kappa shape index (κ2) is 9.96. The van der Waals surface area contributed by atoms with Crippen LogP contribution < -0.4 is 16.4 Å². The summed E-state index contributed by atoms with van der Waals surface area (Å²) in [5, 5.41) is 4.97. The Morgan fingerprint density at radius 2 is 1.54 bits per heavy atom. The van der Waals surface area contributed by atoms with E-state index in [1.54, 1.807) is 24.3 Å². The van der Waals surface area contributed by atoms with E-state index < -0.39 is 21.8 Å². The molecule has 0 bridgehead atoms. The summed E-state index contributed by atoms with van der Waals surface area (Å²) in [6, 6.07) is 12.2. The van der Waals surface area contributed by atoms with Gasteiger partial charge in [-0.15, -0.1) is 0 Å². The molecule has 0 atom stereocenters. The molecule has 0 saturated carbocycles. The number of nitrogens with zero attached hydrogens (tertiary/aromatic N) is 3. The van der Waals surface area contributed by atoms with E-state index in [1.807, 2.05) is 13.8 Å². The van der Waals surface area contributed by atoms with Crippen molar-refractivity contribution in [2.45, 2.75) is 38.1 Å². The second-order valence-corrected chi connectivity index (χ2v) is 10.8. The number of sulfonamides is 1. The molecule has 2 aromatic carbocycles. The molecule has 11 heteroatoms. The molecule has 1 aliphatic heterocycles. The summed E-state index contributed by atoms with van der Waals surface area (Å²) in [4.78, 5) is 38.3. The number of benzene rings is 2. The maximum atomic E-state index is 12.9. The topological polar surface area (TPSA) is 130 Å². The van der Waals surface area contributed by atoms with Crippen molar-refractivity contribution < 1.29 is 18.0 Å². The van der Waals surface area contributed by atoms with Gasteiger partial charge in [0.2, 0.25) is 10.0 Å². The summed E-state index contributed by atoms with van der Waals surface area (Å²) in [6.07, 6.45) is 1.66. The van der Waals surface area contributed by atoms with Gasteiger partial charge < -0.3 is 0 Å². The first-order chi connectivity index (χ1) is 16.7. The number of hydrogen-bond acceptors (Lipinski definition) is 6. The van der Waals surface area contributed by atoms with Crippen LogP contribution in [0.3, 0.4) is 0 Å². The summed E-state index contributed by atoms with van der Waals surface area (Å²) in [6.45, 7) is 5.19. The van der Waals surface area contributed by atoms with Crippen molar-refractivity contribution in [3.8, 4) is 0 Å². The van der Waals surface area contributed by atoms with Gasteiger partial charge in [-0.2, -0.15) is 9.40 Å². The van der Waals surface area contributed by atoms with Gasteiger partial charge in [-0.1, -0.05) is 32.0 Å². The van der Waals surface area contributed by atoms with Gasteiger partial charge >= 0.3 is 0 Å². The highest BCUT2D eigenvalue weighted by Crippen LogP contribution is 2.21. The molecular weight excluding hydrogens is 470 g/mol. The number of carbonyl (C=O) groups excluding carboxylic acids is 2. The van der Waals surface area contributed by atoms with E-state index in [9.17, 15) is 22.8 Å². The van der Waals surface area contributed by atoms with Crippen LogP contribution in [-0.4, -0.2) is 47.4 Å². The van der Waals surface area contributed by atoms with Crippen molar-refractivity contribution in [3.05, 3.63) is 70.1 Å². The molecule has 3 aromatic rings. The molecule has 1 saturated heterocycles. The van der Waals surface area contributed by atoms with E-state index in [0.29, 0.717) is 30.4 Å². The minimum absolute atomic E-state index is 0.00760. The first-order valence-electron chi connectivity index (χ1n) is 11.4. The monoisotopic (exact) mass is 497 g/mol. The third kappa shape index (κ3) is 5.10. The quantitative estimate of drug-likeness (QED) is 0.501. The van der Waals surface area contributed by atoms with Crippen molar-refractivity contribution in [2.75, 3.05) is 13.1 Å². The highest BCUT2D eigenvalue weighted by molar-refractivity contribution is 7.89. The summed E-state index contributed by atoms with van der Waals surface area (Å²) in [5.41, 5.74) is 4.55. The first-order valence-corrected chi connectivity index (χ1v) is 12.8. The maximum absolute atomic E-state index is 12.9. The Morgan fingerprint density at radius 3 is 2.17 bits per heavy atom. The maximum Gasteiger partial charge on any atom is 0.290 e. The fourth-order valence-electron chi connectivity index (χ4n) is 3.97. The lowest BCUT2D eigenvalue weighted by Gasteiger charge is -2.15. The van der Waals surface area contributed by atoms with E-state index in [0.717, 1.165) is 12.8 Å². The van der Waals surface area contributed by atoms with Crippen LogP contribution in [0.2, 0.25) is 0 Å². The van der Waals surface area contributed by atoms with Crippen LogP contribution in [-0.2, 0) is 16.6 Å². The number of aromatic nitrogens is 2. The molecule has 2 amide bonds. The van der Waals surface area contributed by atoms with Crippen LogP contribution >= 0.6 is 0 Å². The molecule has 35 heavy (non-hydrogen) atoms. The lowest BCUT2D eigenvalue weighted by atomic mass is 10.1. The zero-order chi connectivity index (χ0) is 25.2. The van der Waals surface area contributed by atoms with Crippen LogP contribution in [0.5, 0.6) is 0 Å². The number of fused-ring (bicyclic) bond motifs is 1. The zero-order valence-corrected chi connectivity index (χ0v) is 20.3. The zero-order valence-electron chi connectivity index (χ0n) is 19.5. The van der Waals surface area contributed by atoms with Crippen LogP contribution in [0.4, 0.5) is 0 Å². The molecule has 0 radical (unpaired) electrons. The lowest BCUT2D eigenvalue weighted by molar-refractivity contribution is 0.0843. The van der Waals surface area contributed by atoms with E-state index in [2.05, 4.69) is 16.0 Å². The van der Waals surface area contributed by atoms with E-state index in [-0.39, 0.29) is 27.6 Å². The summed E-state index contributed by atoms with van der Waals surface area (Å²) >= 11 is 0. The molecular formula is C24H27N5O5S. The third-order valence-electron chi connectivity index (χ3n) is 5.73. The number of hydrazine groups is 1. The minimum Gasteiger partial charge on any atom is -0.267 e. The molecule has 1 fully saturated rings. The molecule has 0 aliphatic carbocycles. The molecule has 10 nitrogen and oxygen atoms in total. The van der Waals surface area contributed by atoms with Crippen LogP contribution in [0.15, 0.2) is 58.2 Å². The molecule has 2 heterocycles. The third-order valence-corrected chi connectivity index (χ3v) is 7.64. The molecule has 4 rings (SSSR count). The van der Waals surface area contributed by atoms with Crippen molar-refractivity contribution in [3.63, 3.8) is 0 Å². The first kappa shape index (κ1) is 24.6. The Balaban J connectivity index is 1.50. The highest BCUT2D eigenvalue weighted by Gasteiger charge is 2.27. The molecule has 1 aliphatic rings. The Labute approximate surface area is 203 Å². The lowest BCUT2D eigenvalue weighted by Crippen LogP contribution is -2.43. The predicted octanol–water partition coefficient (Wildman–Crippen LogP) is 1.91. The number of nitrogens with one attached hydrogen (secondary N) is 2. The fraction of sp³-hybridized carbons (Fsp3) is 0.333. The number of amides is 2. The average molecular weight is 498 g/mol. The SMILES string of the molecule is CC(C)Cn1nc(C(=O)NNC(=O)c2ccc(S(=O)(=O)N3CCCC3)cc2)c2ccccc2c1=O. The average Bonchev–Trinajstić information content (AvgIpc) is 3.40. The largest absolute Gasteiger partial charge is 0.290 e. The number of hydrogen-bond donors (Lipinski definition) is 2. The molecule has 1 aromatic heterocycles. The summed E-state index contributed by atoms with van der Waals surface area (Å²) in [5.74, 6) is -1.17. The van der Waals surface area contributed by atoms with E-state index in [1.165, 1.54) is 33.3 Å². The van der Waals surface area contributed by atoms with Crippen LogP contribution in [0.1, 0.15) is 47.5 Å². The van der Waals surface area contributed by atoms with Gasteiger partial charge in [-0.3, -0.25) is 25.2 Å². The van der Waals surface area contributed by atoms with E-state index >= 15 is 0 Å². The fourth-order valence-corrected chi connectivity index (χ4v) is 5.49. The molecule has 0 unspecified atom stereocenters. The molecule has 184 valence electrons. The highest BCUT2D eigenvalue weighted by atomic mass is 32.2. The normalized spacial score (nSPS) is 14.4. The Kier molecular flexibility index (Phi) is 6.99. The number of rotatable bonds is 6. The standard InChI is InChI=1S/C24H27N5O5S/c1-16(2)15-29-24(32)20-8-4-3-7-19(20)21(27-29)23(31)26-25-22(30)17-9-11-18(12-10-17)35(33,34)28-13-5-6-14-28/h3-4,7-12,16H,5-6,13-15H2,1-2H3,(H,25,30)(H,26,31). The van der Waals surface area contributed by atoms with Crippen LogP contribution in [0.25, 0.3) is 10.8 Å². The molecule has 0 spiro atoms. The van der Waals surface area contributed by atoms with Gasteiger partial charge in [0.15, 0.2) is 5.69 Å². The smallest absolute Gasteiger partial charge is 0.267 e. The van der Waals surface area contributed by atoms with Gasteiger partial charge in [-0.25, -0.2) is 13.1 Å². The second-order valence-electron chi connectivity index (χ2n) is 8.82. The van der Waals surface area contributed by atoms with Gasteiger partial charge in [0.05, 0.1) is 10.3 Å². The van der Waals surface area contributed by atoms with Gasteiger partial charge in [0.1, 0.15) is 0 Å². The Morgan fingerprint density at radius 1 is 0.943 bits per heavy atom. The van der Waals surface area contributed by atoms with Crippen LogP contribution in [0, 0.1) is 5.92 Å². The van der Waals surface area contributed by atoms with Gasteiger partial charge in [0.25, 0.3) is 17.4 Å². The van der Waals surface area contributed by atoms with Crippen molar-refractivity contribution in [1.29, 1.82) is 0 Å². The Hall–Kier alpha value is -3.57. The summed E-state index contributed by atoms with van der Waals surface area (Å²) in [7, 11) is -3.58. The molecule has 2 N–H and O–H groups in total. The van der Waals surface area contributed by atoms with Crippen molar-refractivity contribution >= 4 is 32.6 Å². The van der Waals surface area contributed by atoms with Crippen molar-refractivity contribution in [2.24, 2.45) is 5.92 Å². The van der Waals surface area contributed by atoms with Crippen molar-refractivity contribution in [1.82, 2.24) is 24.9 Å². The summed E-state index contributed by atoms with van der Waals surface area (Å²) < 4.78 is 28.0. The van der Waals surface area contributed by atoms with Gasteiger partial charge in [-0.05, 0) is 49.1 Å². The van der Waals surface area contributed by atoms with E-state index in [4.69, 9.17) is 0 Å². The minimum atomic E-state index is -3.58. The van der Waals surface area contributed by atoms with Gasteiger partial charge in [0, 0.05) is 30.6 Å².